The first-order valence-corrected chi connectivity index (χ1v) is 21.3. The summed E-state index contributed by atoms with van der Waals surface area (Å²) in [5, 5.41) is 40.0. The molecule has 0 aromatic rings. The van der Waals surface area contributed by atoms with Gasteiger partial charge >= 0.3 is 5.97 Å². The molecular weight excluding hydrogens is 648 g/mol. The number of carbonyl (C=O) groups excluding carboxylic acids is 1. The van der Waals surface area contributed by atoms with E-state index in [4.69, 9.17) is 18.9 Å². The third kappa shape index (κ3) is 26.4. The van der Waals surface area contributed by atoms with Crippen LogP contribution in [0.3, 0.4) is 0 Å². The quantitative estimate of drug-likeness (QED) is 0.0284. The van der Waals surface area contributed by atoms with Gasteiger partial charge < -0.3 is 39.4 Å². The van der Waals surface area contributed by atoms with Gasteiger partial charge in [-0.3, -0.25) is 4.79 Å². The van der Waals surface area contributed by atoms with Crippen LogP contribution in [0.25, 0.3) is 0 Å². The van der Waals surface area contributed by atoms with Crippen molar-refractivity contribution < 1.29 is 44.2 Å². The zero-order valence-electron chi connectivity index (χ0n) is 32.9. The Morgan fingerprint density at radius 3 is 1.65 bits per heavy atom. The van der Waals surface area contributed by atoms with Crippen LogP contribution in [-0.4, -0.2) is 89.6 Å². The van der Waals surface area contributed by atoms with Gasteiger partial charge in [-0.15, -0.1) is 0 Å². The number of unbranched alkanes of at least 4 members (excludes halogenated alkanes) is 23. The Balaban J connectivity index is 2.27. The molecule has 0 amide bonds. The lowest BCUT2D eigenvalue weighted by Crippen LogP contribution is -2.59. The van der Waals surface area contributed by atoms with Gasteiger partial charge in [-0.1, -0.05) is 161 Å². The molecular formula is C42H80O9. The van der Waals surface area contributed by atoms with E-state index in [-0.39, 0.29) is 19.2 Å². The predicted molar refractivity (Wildman–Crippen MR) is 206 cm³/mol. The minimum absolute atomic E-state index is 0.111. The molecule has 9 heteroatoms. The minimum atomic E-state index is -1.53. The summed E-state index contributed by atoms with van der Waals surface area (Å²) in [5.41, 5.74) is 0. The minimum Gasteiger partial charge on any atom is -0.457 e. The molecule has 302 valence electrons. The van der Waals surface area contributed by atoms with Gasteiger partial charge in [0.15, 0.2) is 6.29 Å². The molecule has 9 nitrogen and oxygen atoms in total. The van der Waals surface area contributed by atoms with E-state index in [1.807, 2.05) is 0 Å². The smallest absolute Gasteiger partial charge is 0.306 e. The van der Waals surface area contributed by atoms with Crippen molar-refractivity contribution in [1.82, 2.24) is 0 Å². The summed E-state index contributed by atoms with van der Waals surface area (Å²) in [5.74, 6) is -0.313. The second-order valence-electron chi connectivity index (χ2n) is 14.8. The maximum Gasteiger partial charge on any atom is 0.306 e. The third-order valence-corrected chi connectivity index (χ3v) is 9.93. The lowest BCUT2D eigenvalue weighted by atomic mass is 9.99. The molecule has 0 radical (unpaired) electrons. The van der Waals surface area contributed by atoms with Gasteiger partial charge in [0, 0.05) is 13.0 Å². The Hall–Kier alpha value is -1.07. The second kappa shape index (κ2) is 34.7. The Bertz CT molecular complexity index is 792. The van der Waals surface area contributed by atoms with Crippen molar-refractivity contribution in [3.05, 3.63) is 12.2 Å². The Labute approximate surface area is 312 Å². The number of hydrogen-bond donors (Lipinski definition) is 4. The van der Waals surface area contributed by atoms with Gasteiger partial charge in [0.1, 0.15) is 30.5 Å². The van der Waals surface area contributed by atoms with Gasteiger partial charge in [-0.05, 0) is 32.1 Å². The van der Waals surface area contributed by atoms with Crippen molar-refractivity contribution in [2.45, 2.75) is 224 Å². The van der Waals surface area contributed by atoms with Crippen molar-refractivity contribution in [1.29, 1.82) is 0 Å². The molecule has 1 aliphatic rings. The van der Waals surface area contributed by atoms with E-state index in [0.717, 1.165) is 38.5 Å². The highest BCUT2D eigenvalue weighted by Gasteiger charge is 2.44. The fourth-order valence-electron chi connectivity index (χ4n) is 6.53. The molecule has 1 fully saturated rings. The number of rotatable bonds is 36. The molecule has 51 heavy (non-hydrogen) atoms. The molecule has 1 aliphatic heterocycles. The highest BCUT2D eigenvalue weighted by atomic mass is 16.7. The van der Waals surface area contributed by atoms with Crippen molar-refractivity contribution in [2.75, 3.05) is 26.4 Å². The maximum atomic E-state index is 12.7. The standard InChI is InChI=1S/C42H80O9/c1-3-5-7-9-11-13-15-17-18-19-20-21-23-25-27-29-31-38(44)50-36(35-49-42-41(47)40(46)39(45)37(33-43)51-42)34-48-32-30-28-26-24-22-16-14-12-10-8-6-4-2/h10,12,36-37,39-43,45-47H,3-9,11,13-35H2,1-2H3/b12-10-. The van der Waals surface area contributed by atoms with E-state index >= 15 is 0 Å². The van der Waals surface area contributed by atoms with Crippen LogP contribution < -0.4 is 0 Å². The first-order chi connectivity index (χ1) is 24.9. The van der Waals surface area contributed by atoms with Crippen LogP contribution in [0.2, 0.25) is 0 Å². The fraction of sp³-hybridized carbons (Fsp3) is 0.929. The van der Waals surface area contributed by atoms with Crippen LogP contribution >= 0.6 is 0 Å². The lowest BCUT2D eigenvalue weighted by molar-refractivity contribution is -0.305. The summed E-state index contributed by atoms with van der Waals surface area (Å²) >= 11 is 0. The third-order valence-electron chi connectivity index (χ3n) is 9.93. The Kier molecular flexibility index (Phi) is 32.6. The SMILES string of the molecule is CCCC/C=C\CCCCCCCCOCC(COC1OC(CO)C(O)C(O)C1O)OC(=O)CCCCCCCCCCCCCCCCCC. The van der Waals surface area contributed by atoms with Crippen LogP contribution in [0.4, 0.5) is 0 Å². The molecule has 0 saturated carbocycles. The normalized spacial score (nSPS) is 21.4. The van der Waals surface area contributed by atoms with Crippen LogP contribution in [0.1, 0.15) is 187 Å². The molecule has 6 atom stereocenters. The summed E-state index contributed by atoms with van der Waals surface area (Å²) in [6.07, 6.45) is 29.5. The number of carbonyl (C=O) groups is 1. The van der Waals surface area contributed by atoms with E-state index in [2.05, 4.69) is 26.0 Å². The zero-order valence-corrected chi connectivity index (χ0v) is 32.9. The number of hydrogen-bond acceptors (Lipinski definition) is 9. The molecule has 0 aliphatic carbocycles. The number of ether oxygens (including phenoxy) is 4. The van der Waals surface area contributed by atoms with Crippen LogP contribution in [-0.2, 0) is 23.7 Å². The molecule has 6 unspecified atom stereocenters. The molecule has 1 rings (SSSR count). The average Bonchev–Trinajstić information content (AvgIpc) is 3.13. The summed E-state index contributed by atoms with van der Waals surface area (Å²) in [4.78, 5) is 12.7. The van der Waals surface area contributed by atoms with Gasteiger partial charge in [0.05, 0.1) is 19.8 Å². The number of aliphatic hydroxyl groups is 4. The number of allylic oxidation sites excluding steroid dienone is 2. The van der Waals surface area contributed by atoms with Crippen molar-refractivity contribution >= 4 is 5.97 Å². The average molecular weight is 729 g/mol. The fourth-order valence-corrected chi connectivity index (χ4v) is 6.53. The molecule has 0 bridgehead atoms. The maximum absolute atomic E-state index is 12.7. The Morgan fingerprint density at radius 1 is 0.608 bits per heavy atom. The van der Waals surface area contributed by atoms with E-state index in [1.165, 1.54) is 128 Å². The largest absolute Gasteiger partial charge is 0.457 e. The van der Waals surface area contributed by atoms with Crippen molar-refractivity contribution in [2.24, 2.45) is 0 Å². The van der Waals surface area contributed by atoms with Crippen molar-refractivity contribution in [3.63, 3.8) is 0 Å². The van der Waals surface area contributed by atoms with Crippen molar-refractivity contribution in [3.8, 4) is 0 Å². The molecule has 1 saturated heterocycles. The molecule has 1 heterocycles. The molecule has 4 N–H and O–H groups in total. The first-order valence-electron chi connectivity index (χ1n) is 21.3. The van der Waals surface area contributed by atoms with E-state index < -0.39 is 43.4 Å². The number of aliphatic hydroxyl groups excluding tert-OH is 4. The summed E-state index contributed by atoms with van der Waals surface area (Å²) in [6.45, 7) is 4.53. The van der Waals surface area contributed by atoms with Gasteiger partial charge in [0.25, 0.3) is 0 Å². The number of esters is 1. The van der Waals surface area contributed by atoms with Gasteiger partial charge in [-0.25, -0.2) is 0 Å². The van der Waals surface area contributed by atoms with Gasteiger partial charge in [-0.2, -0.15) is 0 Å². The second-order valence-corrected chi connectivity index (χ2v) is 14.8. The van der Waals surface area contributed by atoms with E-state index in [0.29, 0.717) is 13.0 Å². The highest BCUT2D eigenvalue weighted by Crippen LogP contribution is 2.22. The van der Waals surface area contributed by atoms with Crippen LogP contribution in [0, 0.1) is 0 Å². The van der Waals surface area contributed by atoms with Crippen LogP contribution in [0.15, 0.2) is 12.2 Å². The van der Waals surface area contributed by atoms with E-state index in [1.54, 1.807) is 0 Å². The topological polar surface area (TPSA) is 135 Å². The highest BCUT2D eigenvalue weighted by molar-refractivity contribution is 5.69. The van der Waals surface area contributed by atoms with Crippen LogP contribution in [0.5, 0.6) is 0 Å². The Morgan fingerprint density at radius 2 is 1.10 bits per heavy atom. The monoisotopic (exact) mass is 729 g/mol. The zero-order chi connectivity index (χ0) is 37.2. The summed E-state index contributed by atoms with van der Waals surface area (Å²) in [7, 11) is 0. The summed E-state index contributed by atoms with van der Waals surface area (Å²) in [6, 6.07) is 0. The lowest BCUT2D eigenvalue weighted by Gasteiger charge is -2.39. The van der Waals surface area contributed by atoms with Gasteiger partial charge in [0.2, 0.25) is 0 Å². The summed E-state index contributed by atoms with van der Waals surface area (Å²) < 4.78 is 22.8. The van der Waals surface area contributed by atoms with E-state index in [9.17, 15) is 25.2 Å². The molecule has 0 aromatic carbocycles. The molecule has 0 spiro atoms. The predicted octanol–water partition coefficient (Wildman–Crippen LogP) is 8.86. The molecule has 0 aromatic heterocycles. The first kappa shape index (κ1) is 48.0.